The van der Waals surface area contributed by atoms with E-state index in [2.05, 4.69) is 34.8 Å². The molecule has 0 radical (unpaired) electrons. The van der Waals surface area contributed by atoms with Crippen molar-refractivity contribution in [3.05, 3.63) is 65.7 Å². The van der Waals surface area contributed by atoms with Gasteiger partial charge in [0, 0.05) is 5.56 Å². The van der Waals surface area contributed by atoms with Gasteiger partial charge in [0.15, 0.2) is 0 Å². The topological polar surface area (TPSA) is 33.6 Å². The number of thioether (sulfide) groups is 1. The minimum Gasteiger partial charge on any atom is -0.494 e. The maximum Gasteiger partial charge on any atom is 0.126 e. The average Bonchev–Trinajstić information content (AvgIpc) is 2.99. The largest absolute Gasteiger partial charge is 0.494 e. The van der Waals surface area contributed by atoms with Crippen LogP contribution in [-0.4, -0.2) is 11.7 Å². The van der Waals surface area contributed by atoms with E-state index in [0.717, 1.165) is 16.4 Å². The third kappa shape index (κ3) is 2.80. The van der Waals surface area contributed by atoms with E-state index in [9.17, 15) is 0 Å². The fraction of sp³-hybridized carbons (Fsp3) is 0.188. The van der Waals surface area contributed by atoms with Gasteiger partial charge in [0.1, 0.15) is 16.2 Å². The SMILES string of the molecule is CCOc1ccc(C2NN=C(c3ccccc3)S2)cc1. The summed E-state index contributed by atoms with van der Waals surface area (Å²) < 4.78 is 5.46. The van der Waals surface area contributed by atoms with Crippen molar-refractivity contribution in [2.45, 2.75) is 12.3 Å². The van der Waals surface area contributed by atoms with E-state index < -0.39 is 0 Å². The van der Waals surface area contributed by atoms with Crippen LogP contribution in [0.3, 0.4) is 0 Å². The van der Waals surface area contributed by atoms with Crippen LogP contribution in [0.15, 0.2) is 59.7 Å². The number of nitrogens with one attached hydrogen (secondary N) is 1. The number of hydrazone groups is 1. The molecule has 102 valence electrons. The van der Waals surface area contributed by atoms with Crippen LogP contribution >= 0.6 is 11.8 Å². The van der Waals surface area contributed by atoms with Crippen molar-refractivity contribution in [1.29, 1.82) is 0 Å². The van der Waals surface area contributed by atoms with Gasteiger partial charge in [0.05, 0.1) is 6.61 Å². The average molecular weight is 284 g/mol. The second-order valence-electron chi connectivity index (χ2n) is 4.41. The zero-order chi connectivity index (χ0) is 13.8. The summed E-state index contributed by atoms with van der Waals surface area (Å²) in [6.07, 6.45) is 0. The third-order valence-electron chi connectivity index (χ3n) is 3.03. The molecule has 0 saturated carbocycles. The molecule has 1 unspecified atom stereocenters. The molecule has 4 heteroatoms. The molecule has 3 rings (SSSR count). The molecule has 3 nitrogen and oxygen atoms in total. The van der Waals surface area contributed by atoms with Crippen LogP contribution < -0.4 is 10.2 Å². The summed E-state index contributed by atoms with van der Waals surface area (Å²) in [5.74, 6) is 0.906. The molecule has 1 aliphatic rings. The van der Waals surface area contributed by atoms with Gasteiger partial charge >= 0.3 is 0 Å². The van der Waals surface area contributed by atoms with Gasteiger partial charge in [-0.15, -0.1) is 0 Å². The molecule has 0 aliphatic carbocycles. The van der Waals surface area contributed by atoms with Crippen LogP contribution in [0.2, 0.25) is 0 Å². The van der Waals surface area contributed by atoms with Crippen LogP contribution in [0.25, 0.3) is 0 Å². The van der Waals surface area contributed by atoms with E-state index in [1.165, 1.54) is 5.56 Å². The Labute approximate surface area is 123 Å². The monoisotopic (exact) mass is 284 g/mol. The molecule has 0 amide bonds. The fourth-order valence-electron chi connectivity index (χ4n) is 2.04. The van der Waals surface area contributed by atoms with Crippen molar-refractivity contribution in [1.82, 2.24) is 5.43 Å². The van der Waals surface area contributed by atoms with Crippen molar-refractivity contribution >= 4 is 16.8 Å². The van der Waals surface area contributed by atoms with E-state index in [1.54, 1.807) is 11.8 Å². The molecular weight excluding hydrogens is 268 g/mol. The zero-order valence-electron chi connectivity index (χ0n) is 11.2. The Morgan fingerprint density at radius 1 is 1.10 bits per heavy atom. The van der Waals surface area contributed by atoms with Gasteiger partial charge in [-0.05, 0) is 24.6 Å². The molecule has 0 spiro atoms. The lowest BCUT2D eigenvalue weighted by Crippen LogP contribution is -2.06. The van der Waals surface area contributed by atoms with E-state index in [-0.39, 0.29) is 5.37 Å². The molecule has 1 N–H and O–H groups in total. The summed E-state index contributed by atoms with van der Waals surface area (Å²) in [5, 5.41) is 5.62. The maximum atomic E-state index is 5.46. The van der Waals surface area contributed by atoms with Crippen LogP contribution in [0, 0.1) is 0 Å². The molecule has 2 aromatic rings. The predicted molar refractivity (Wildman–Crippen MR) is 84.1 cm³/mol. The summed E-state index contributed by atoms with van der Waals surface area (Å²) in [6, 6.07) is 18.4. The van der Waals surface area contributed by atoms with Gasteiger partial charge in [0.2, 0.25) is 0 Å². The summed E-state index contributed by atoms with van der Waals surface area (Å²) in [7, 11) is 0. The Balaban J connectivity index is 1.69. The molecular formula is C16H16N2OS. The molecule has 20 heavy (non-hydrogen) atoms. The van der Waals surface area contributed by atoms with Crippen molar-refractivity contribution in [2.75, 3.05) is 6.61 Å². The molecule has 0 saturated heterocycles. The van der Waals surface area contributed by atoms with Gasteiger partial charge < -0.3 is 4.74 Å². The van der Waals surface area contributed by atoms with Crippen LogP contribution in [0.5, 0.6) is 5.75 Å². The first-order valence-electron chi connectivity index (χ1n) is 6.65. The minimum absolute atomic E-state index is 0.167. The first-order chi connectivity index (χ1) is 9.86. The summed E-state index contributed by atoms with van der Waals surface area (Å²) in [4.78, 5) is 0. The second-order valence-corrected chi connectivity index (χ2v) is 5.51. The zero-order valence-corrected chi connectivity index (χ0v) is 12.1. The van der Waals surface area contributed by atoms with E-state index >= 15 is 0 Å². The highest BCUT2D eigenvalue weighted by Crippen LogP contribution is 2.34. The van der Waals surface area contributed by atoms with Crippen molar-refractivity contribution in [3.8, 4) is 5.75 Å². The Bertz CT molecular complexity index is 596. The highest BCUT2D eigenvalue weighted by atomic mass is 32.2. The number of ether oxygens (including phenoxy) is 1. The van der Waals surface area contributed by atoms with E-state index in [0.29, 0.717) is 6.61 Å². The second kappa shape index (κ2) is 6.01. The van der Waals surface area contributed by atoms with Crippen LogP contribution in [0.1, 0.15) is 23.4 Å². The Hall–Kier alpha value is -1.94. The van der Waals surface area contributed by atoms with Gasteiger partial charge in [-0.1, -0.05) is 54.2 Å². The minimum atomic E-state index is 0.167. The standard InChI is InChI=1S/C16H16N2OS/c1-2-19-14-10-8-13(9-11-14)16-18-17-15(20-16)12-6-4-3-5-7-12/h3-11,16,18H,2H2,1H3. The van der Waals surface area contributed by atoms with Crippen LogP contribution in [0.4, 0.5) is 0 Å². The van der Waals surface area contributed by atoms with Crippen molar-refractivity contribution < 1.29 is 4.74 Å². The van der Waals surface area contributed by atoms with Crippen molar-refractivity contribution in [3.63, 3.8) is 0 Å². The molecule has 0 bridgehead atoms. The molecule has 1 heterocycles. The lowest BCUT2D eigenvalue weighted by atomic mass is 10.2. The first kappa shape index (κ1) is 13.1. The third-order valence-corrected chi connectivity index (χ3v) is 4.19. The summed E-state index contributed by atoms with van der Waals surface area (Å²) >= 11 is 1.73. The quantitative estimate of drug-likeness (QED) is 0.927. The van der Waals surface area contributed by atoms with Gasteiger partial charge in [-0.3, -0.25) is 5.43 Å². The first-order valence-corrected chi connectivity index (χ1v) is 7.53. The molecule has 0 aromatic heterocycles. The Morgan fingerprint density at radius 2 is 1.85 bits per heavy atom. The molecule has 2 aromatic carbocycles. The lowest BCUT2D eigenvalue weighted by Gasteiger charge is -2.10. The van der Waals surface area contributed by atoms with Crippen LogP contribution in [-0.2, 0) is 0 Å². The normalized spacial score (nSPS) is 17.4. The van der Waals surface area contributed by atoms with Crippen molar-refractivity contribution in [2.24, 2.45) is 5.10 Å². The maximum absolute atomic E-state index is 5.46. The van der Waals surface area contributed by atoms with Gasteiger partial charge in [-0.2, -0.15) is 5.10 Å². The number of nitrogens with zero attached hydrogens (tertiary/aromatic N) is 1. The highest BCUT2D eigenvalue weighted by molar-refractivity contribution is 8.14. The number of benzene rings is 2. The number of hydrogen-bond acceptors (Lipinski definition) is 4. The highest BCUT2D eigenvalue weighted by Gasteiger charge is 2.21. The van der Waals surface area contributed by atoms with E-state index in [1.807, 2.05) is 37.3 Å². The Morgan fingerprint density at radius 3 is 2.55 bits per heavy atom. The predicted octanol–water partition coefficient (Wildman–Crippen LogP) is 3.78. The summed E-state index contributed by atoms with van der Waals surface area (Å²) in [6.45, 7) is 2.68. The van der Waals surface area contributed by atoms with E-state index in [4.69, 9.17) is 4.74 Å². The number of hydrogen-bond donors (Lipinski definition) is 1. The molecule has 1 aliphatic heterocycles. The molecule has 0 fully saturated rings. The fourth-order valence-corrected chi connectivity index (χ4v) is 3.04. The molecule has 1 atom stereocenters. The summed E-state index contributed by atoms with van der Waals surface area (Å²) in [5.41, 5.74) is 5.54. The number of rotatable bonds is 4. The lowest BCUT2D eigenvalue weighted by molar-refractivity contribution is 0.340. The van der Waals surface area contributed by atoms with Gasteiger partial charge in [0.25, 0.3) is 0 Å². The smallest absolute Gasteiger partial charge is 0.126 e. The Kier molecular flexibility index (Phi) is 3.92. The van der Waals surface area contributed by atoms with Gasteiger partial charge in [-0.25, -0.2) is 0 Å².